The molecule has 0 fully saturated rings. The smallest absolute Gasteiger partial charge is 0.308 e. The van der Waals surface area contributed by atoms with Crippen LogP contribution in [0, 0.1) is 11.7 Å². The van der Waals surface area contributed by atoms with Crippen molar-refractivity contribution < 1.29 is 23.5 Å². The average molecular weight is 352 g/mol. The molecule has 138 valence electrons. The van der Waals surface area contributed by atoms with Crippen LogP contribution in [-0.2, 0) is 25.5 Å². The Morgan fingerprint density at radius 3 is 2.40 bits per heavy atom. The number of ether oxygens (including phenoxy) is 1. The summed E-state index contributed by atoms with van der Waals surface area (Å²) in [5.41, 5.74) is 0.251. The number of hydrogen-bond acceptors (Lipinski definition) is 4. The van der Waals surface area contributed by atoms with Crippen molar-refractivity contribution in [2.24, 2.45) is 5.92 Å². The molecule has 0 aliphatic carbocycles. The lowest BCUT2D eigenvalue weighted by Crippen LogP contribution is -2.53. The molecule has 7 heteroatoms. The molecule has 1 aromatic carbocycles. The number of carbonyl (C=O) groups is 3. The summed E-state index contributed by atoms with van der Waals surface area (Å²) in [5.74, 6) is -1.70. The van der Waals surface area contributed by atoms with Crippen molar-refractivity contribution in [3.8, 4) is 0 Å². The molecule has 1 rings (SSSR count). The molecule has 2 atom stereocenters. The highest BCUT2D eigenvalue weighted by Gasteiger charge is 2.29. The third kappa shape index (κ3) is 6.91. The van der Waals surface area contributed by atoms with E-state index < -0.39 is 29.4 Å². The zero-order valence-electron chi connectivity index (χ0n) is 15.0. The minimum atomic E-state index is -0.848. The Morgan fingerprint density at radius 2 is 1.88 bits per heavy atom. The van der Waals surface area contributed by atoms with E-state index >= 15 is 0 Å². The maximum Gasteiger partial charge on any atom is 0.308 e. The number of methoxy groups -OCH3 is 1. The van der Waals surface area contributed by atoms with E-state index in [0.29, 0.717) is 12.8 Å². The highest BCUT2D eigenvalue weighted by molar-refractivity contribution is 5.85. The molecule has 0 bridgehead atoms. The summed E-state index contributed by atoms with van der Waals surface area (Å²) in [6.45, 7) is 5.29. The van der Waals surface area contributed by atoms with Gasteiger partial charge in [0.25, 0.3) is 0 Å². The van der Waals surface area contributed by atoms with Crippen LogP contribution in [0.4, 0.5) is 4.39 Å². The second kappa shape index (κ2) is 9.15. The molecule has 0 aliphatic rings. The van der Waals surface area contributed by atoms with Gasteiger partial charge in [0.2, 0.25) is 12.3 Å². The number of benzene rings is 1. The van der Waals surface area contributed by atoms with Gasteiger partial charge in [0.05, 0.1) is 13.0 Å². The molecular formula is C18H25FN2O4. The Kier molecular flexibility index (Phi) is 7.54. The first-order valence-electron chi connectivity index (χ1n) is 8.02. The van der Waals surface area contributed by atoms with Crippen LogP contribution >= 0.6 is 0 Å². The van der Waals surface area contributed by atoms with E-state index in [1.807, 2.05) is 13.8 Å². The van der Waals surface area contributed by atoms with Crippen LogP contribution in [0.5, 0.6) is 0 Å². The van der Waals surface area contributed by atoms with Gasteiger partial charge in [-0.05, 0) is 44.4 Å². The van der Waals surface area contributed by atoms with Crippen LogP contribution < -0.4 is 10.6 Å². The Balaban J connectivity index is 2.74. The third-order valence-electron chi connectivity index (χ3n) is 3.80. The van der Waals surface area contributed by atoms with Crippen molar-refractivity contribution in [1.29, 1.82) is 0 Å². The Hall–Kier alpha value is -2.44. The molecule has 2 amide bonds. The van der Waals surface area contributed by atoms with Gasteiger partial charge in [-0.3, -0.25) is 14.4 Å². The van der Waals surface area contributed by atoms with Crippen molar-refractivity contribution >= 4 is 18.3 Å². The monoisotopic (exact) mass is 352 g/mol. The van der Waals surface area contributed by atoms with Crippen LogP contribution in [0.15, 0.2) is 24.3 Å². The fraction of sp³-hybridized carbons (Fsp3) is 0.500. The van der Waals surface area contributed by atoms with Gasteiger partial charge in [-0.2, -0.15) is 0 Å². The first-order chi connectivity index (χ1) is 11.7. The molecule has 6 nitrogen and oxygen atoms in total. The van der Waals surface area contributed by atoms with Gasteiger partial charge in [0, 0.05) is 5.54 Å². The summed E-state index contributed by atoms with van der Waals surface area (Å²) in [6.07, 6.45) is 1.05. The molecule has 25 heavy (non-hydrogen) atoms. The number of esters is 1. The van der Waals surface area contributed by atoms with E-state index in [4.69, 9.17) is 0 Å². The predicted molar refractivity (Wildman–Crippen MR) is 91.1 cm³/mol. The standard InChI is InChI=1S/C18H25FN2O4/c1-12(17(24)25-4)9-15(20-11-22)16(23)21-18(2,3)10-13-5-7-14(19)8-6-13/h5-8,11-12,15H,9-10H2,1-4H3,(H,20,22)(H,21,23)/t12?,15-/m0/s1. The van der Waals surface area contributed by atoms with Gasteiger partial charge >= 0.3 is 5.97 Å². The molecule has 0 radical (unpaired) electrons. The van der Waals surface area contributed by atoms with Crippen molar-refractivity contribution in [3.63, 3.8) is 0 Å². The van der Waals surface area contributed by atoms with Gasteiger partial charge in [-0.1, -0.05) is 19.1 Å². The Bertz CT molecular complexity index is 602. The molecule has 0 aromatic heterocycles. The van der Waals surface area contributed by atoms with Crippen molar-refractivity contribution in [1.82, 2.24) is 10.6 Å². The molecule has 0 saturated carbocycles. The van der Waals surface area contributed by atoms with Gasteiger partial charge in [-0.25, -0.2) is 4.39 Å². The summed E-state index contributed by atoms with van der Waals surface area (Å²) in [5, 5.41) is 5.30. The van der Waals surface area contributed by atoms with Gasteiger partial charge in [0.15, 0.2) is 0 Å². The van der Waals surface area contributed by atoms with Gasteiger partial charge in [-0.15, -0.1) is 0 Å². The maximum absolute atomic E-state index is 13.0. The lowest BCUT2D eigenvalue weighted by Gasteiger charge is -2.29. The Morgan fingerprint density at radius 1 is 1.28 bits per heavy atom. The number of rotatable bonds is 9. The van der Waals surface area contributed by atoms with E-state index in [-0.39, 0.29) is 12.2 Å². The molecule has 2 N–H and O–H groups in total. The van der Waals surface area contributed by atoms with E-state index in [2.05, 4.69) is 15.4 Å². The van der Waals surface area contributed by atoms with E-state index in [1.54, 1.807) is 19.1 Å². The van der Waals surface area contributed by atoms with Crippen LogP contribution in [0.25, 0.3) is 0 Å². The van der Waals surface area contributed by atoms with Gasteiger partial charge < -0.3 is 15.4 Å². The van der Waals surface area contributed by atoms with E-state index in [1.165, 1.54) is 19.2 Å². The molecule has 1 aromatic rings. The second-order valence-corrected chi connectivity index (χ2v) is 6.67. The fourth-order valence-corrected chi connectivity index (χ4v) is 2.56. The molecule has 0 spiro atoms. The van der Waals surface area contributed by atoms with E-state index in [0.717, 1.165) is 5.56 Å². The first kappa shape index (κ1) is 20.6. The molecular weight excluding hydrogens is 327 g/mol. The number of halogens is 1. The summed E-state index contributed by atoms with van der Waals surface area (Å²) in [4.78, 5) is 34.8. The topological polar surface area (TPSA) is 84.5 Å². The highest BCUT2D eigenvalue weighted by atomic mass is 19.1. The minimum absolute atomic E-state index is 0.129. The van der Waals surface area contributed by atoms with Crippen molar-refractivity contribution in [2.45, 2.75) is 45.2 Å². The van der Waals surface area contributed by atoms with Crippen LogP contribution in [0.2, 0.25) is 0 Å². The van der Waals surface area contributed by atoms with Crippen molar-refractivity contribution in [2.75, 3.05) is 7.11 Å². The SMILES string of the molecule is COC(=O)C(C)C[C@H](NC=O)C(=O)NC(C)(C)Cc1ccc(F)cc1. The fourth-order valence-electron chi connectivity index (χ4n) is 2.56. The lowest BCUT2D eigenvalue weighted by atomic mass is 9.93. The number of nitrogens with one attached hydrogen (secondary N) is 2. The largest absolute Gasteiger partial charge is 0.469 e. The Labute approximate surface area is 147 Å². The van der Waals surface area contributed by atoms with Gasteiger partial charge in [0.1, 0.15) is 11.9 Å². The van der Waals surface area contributed by atoms with Crippen molar-refractivity contribution in [3.05, 3.63) is 35.6 Å². The van der Waals surface area contributed by atoms with Crippen LogP contribution in [-0.4, -0.2) is 37.0 Å². The summed E-state index contributed by atoms with van der Waals surface area (Å²) in [7, 11) is 1.27. The predicted octanol–water partition coefficient (Wildman–Crippen LogP) is 1.58. The minimum Gasteiger partial charge on any atom is -0.469 e. The molecule has 1 unspecified atom stereocenters. The molecule has 0 aliphatic heterocycles. The summed E-state index contributed by atoms with van der Waals surface area (Å²) < 4.78 is 17.6. The maximum atomic E-state index is 13.0. The quantitative estimate of drug-likeness (QED) is 0.522. The summed E-state index contributed by atoms with van der Waals surface area (Å²) in [6, 6.07) is 5.19. The molecule has 0 heterocycles. The number of hydrogen-bond donors (Lipinski definition) is 2. The zero-order chi connectivity index (χ0) is 19.0. The second-order valence-electron chi connectivity index (χ2n) is 6.67. The number of carbonyl (C=O) groups excluding carboxylic acids is 3. The van der Waals surface area contributed by atoms with Crippen LogP contribution in [0.3, 0.4) is 0 Å². The van der Waals surface area contributed by atoms with Crippen LogP contribution in [0.1, 0.15) is 32.8 Å². The normalized spacial score (nSPS) is 13.5. The first-order valence-corrected chi connectivity index (χ1v) is 8.02. The lowest BCUT2D eigenvalue weighted by molar-refractivity contribution is -0.145. The third-order valence-corrected chi connectivity index (χ3v) is 3.80. The average Bonchev–Trinajstić information content (AvgIpc) is 2.54. The summed E-state index contributed by atoms with van der Waals surface area (Å²) >= 11 is 0. The van der Waals surface area contributed by atoms with E-state index in [9.17, 15) is 18.8 Å². The zero-order valence-corrected chi connectivity index (χ0v) is 15.0. The molecule has 0 saturated heterocycles. The highest BCUT2D eigenvalue weighted by Crippen LogP contribution is 2.15. The number of amides is 2.